The molecule has 1 unspecified atom stereocenters. The van der Waals surface area contributed by atoms with Gasteiger partial charge in [0.05, 0.1) is 30.7 Å². The molecule has 2 aromatic carbocycles. The Bertz CT molecular complexity index is 794. The molecular formula is C20H21ClFNO3. The number of rotatable bonds is 4. The fourth-order valence-electron chi connectivity index (χ4n) is 2.87. The van der Waals surface area contributed by atoms with Gasteiger partial charge in [-0.05, 0) is 42.3 Å². The number of benzene rings is 2. The summed E-state index contributed by atoms with van der Waals surface area (Å²) in [6.45, 7) is 3.03. The molecule has 0 spiro atoms. The number of likely N-dealkylation sites (N-methyl/N-ethyl adjacent to an activating group) is 1. The van der Waals surface area contributed by atoms with E-state index in [9.17, 15) is 9.18 Å². The summed E-state index contributed by atoms with van der Waals surface area (Å²) in [5.41, 5.74) is 1.64. The largest absolute Gasteiger partial charge is 0.489 e. The summed E-state index contributed by atoms with van der Waals surface area (Å²) in [4.78, 5) is 14.3. The van der Waals surface area contributed by atoms with E-state index in [1.54, 1.807) is 36.2 Å². The van der Waals surface area contributed by atoms with Gasteiger partial charge in [-0.25, -0.2) is 4.39 Å². The molecule has 1 atom stereocenters. The van der Waals surface area contributed by atoms with Crippen LogP contribution in [0.1, 0.15) is 30.5 Å². The minimum absolute atomic E-state index is 0.0626. The number of halogens is 2. The van der Waals surface area contributed by atoms with E-state index >= 15 is 0 Å². The lowest BCUT2D eigenvalue weighted by Gasteiger charge is -2.25. The van der Waals surface area contributed by atoms with E-state index < -0.39 is 0 Å². The van der Waals surface area contributed by atoms with Crippen molar-refractivity contribution < 1.29 is 18.7 Å². The molecule has 4 nitrogen and oxygen atoms in total. The van der Waals surface area contributed by atoms with Crippen molar-refractivity contribution in [2.24, 2.45) is 0 Å². The SMILES string of the molecule is CC(c1ccc(F)cc1)N(C)C(=O)Cc1cc(Cl)c2c(c1)OCCCO2. The summed E-state index contributed by atoms with van der Waals surface area (Å²) in [6.07, 6.45) is 0.982. The predicted molar refractivity (Wildman–Crippen MR) is 98.3 cm³/mol. The maximum Gasteiger partial charge on any atom is 0.227 e. The Hall–Kier alpha value is -2.27. The third-order valence-electron chi connectivity index (χ3n) is 4.54. The van der Waals surface area contributed by atoms with Gasteiger partial charge >= 0.3 is 0 Å². The van der Waals surface area contributed by atoms with Gasteiger partial charge in [-0.2, -0.15) is 0 Å². The highest BCUT2D eigenvalue weighted by Crippen LogP contribution is 2.38. The number of ether oxygens (including phenoxy) is 2. The fraction of sp³-hybridized carbons (Fsp3) is 0.350. The third-order valence-corrected chi connectivity index (χ3v) is 4.82. The van der Waals surface area contributed by atoms with Crippen LogP contribution in [0.25, 0.3) is 0 Å². The van der Waals surface area contributed by atoms with E-state index in [1.165, 1.54) is 12.1 Å². The lowest BCUT2D eigenvalue weighted by molar-refractivity contribution is -0.131. The first-order chi connectivity index (χ1) is 12.5. The molecule has 0 aliphatic carbocycles. The molecule has 1 heterocycles. The molecule has 0 fully saturated rings. The van der Waals surface area contributed by atoms with Gasteiger partial charge in [0.1, 0.15) is 5.82 Å². The van der Waals surface area contributed by atoms with Crippen LogP contribution >= 0.6 is 11.6 Å². The number of amides is 1. The first-order valence-electron chi connectivity index (χ1n) is 8.55. The molecular weight excluding hydrogens is 357 g/mol. The van der Waals surface area contributed by atoms with Gasteiger partial charge < -0.3 is 14.4 Å². The summed E-state index contributed by atoms with van der Waals surface area (Å²) in [7, 11) is 1.74. The molecule has 1 aliphatic rings. The standard InChI is InChI=1S/C20H21ClFNO3/c1-13(15-4-6-16(22)7-5-15)23(2)19(24)12-14-10-17(21)20-18(11-14)25-8-3-9-26-20/h4-7,10-11,13H,3,8-9,12H2,1-2H3. The molecule has 1 aliphatic heterocycles. The van der Waals surface area contributed by atoms with E-state index in [0.717, 1.165) is 17.5 Å². The van der Waals surface area contributed by atoms with Gasteiger partial charge in [0, 0.05) is 13.5 Å². The molecule has 3 rings (SSSR count). The van der Waals surface area contributed by atoms with E-state index in [-0.39, 0.29) is 24.2 Å². The van der Waals surface area contributed by atoms with Crippen LogP contribution in [0.5, 0.6) is 11.5 Å². The first kappa shape index (κ1) is 18.5. The zero-order valence-corrected chi connectivity index (χ0v) is 15.6. The number of carbonyl (C=O) groups excluding carboxylic acids is 1. The average molecular weight is 378 g/mol. The quantitative estimate of drug-likeness (QED) is 0.792. The summed E-state index contributed by atoms with van der Waals surface area (Å²) < 4.78 is 24.4. The number of nitrogens with zero attached hydrogens (tertiary/aromatic N) is 1. The van der Waals surface area contributed by atoms with Gasteiger partial charge in [0.25, 0.3) is 0 Å². The molecule has 26 heavy (non-hydrogen) atoms. The second-order valence-corrected chi connectivity index (χ2v) is 6.77. The lowest BCUT2D eigenvalue weighted by atomic mass is 10.1. The first-order valence-corrected chi connectivity index (χ1v) is 8.92. The van der Waals surface area contributed by atoms with Crippen molar-refractivity contribution >= 4 is 17.5 Å². The number of hydrogen-bond donors (Lipinski definition) is 0. The van der Waals surface area contributed by atoms with Gasteiger partial charge in [-0.15, -0.1) is 0 Å². The molecule has 2 aromatic rings. The molecule has 0 bridgehead atoms. The van der Waals surface area contributed by atoms with E-state index in [2.05, 4.69) is 0 Å². The van der Waals surface area contributed by atoms with Crippen LogP contribution in [0, 0.1) is 5.82 Å². The monoisotopic (exact) mass is 377 g/mol. The third kappa shape index (κ3) is 4.10. The van der Waals surface area contributed by atoms with Crippen molar-refractivity contribution in [2.75, 3.05) is 20.3 Å². The highest BCUT2D eigenvalue weighted by atomic mass is 35.5. The Balaban J connectivity index is 1.73. The average Bonchev–Trinajstić information content (AvgIpc) is 2.87. The van der Waals surface area contributed by atoms with E-state index in [0.29, 0.717) is 29.7 Å². The highest BCUT2D eigenvalue weighted by Gasteiger charge is 2.20. The molecule has 0 aromatic heterocycles. The zero-order valence-electron chi connectivity index (χ0n) is 14.8. The molecule has 0 saturated carbocycles. The van der Waals surface area contributed by atoms with Gasteiger partial charge in [-0.1, -0.05) is 23.7 Å². The Morgan fingerprint density at radius 2 is 1.92 bits per heavy atom. The van der Waals surface area contributed by atoms with E-state index in [1.807, 2.05) is 6.92 Å². The molecule has 1 amide bonds. The van der Waals surface area contributed by atoms with Crippen LogP contribution in [0.15, 0.2) is 36.4 Å². The normalized spacial score (nSPS) is 14.5. The van der Waals surface area contributed by atoms with Crippen LogP contribution in [-0.2, 0) is 11.2 Å². The molecule has 0 N–H and O–H groups in total. The van der Waals surface area contributed by atoms with Crippen molar-refractivity contribution in [2.45, 2.75) is 25.8 Å². The van der Waals surface area contributed by atoms with Gasteiger partial charge in [-0.3, -0.25) is 4.79 Å². The van der Waals surface area contributed by atoms with Crippen LogP contribution in [0.4, 0.5) is 4.39 Å². The Morgan fingerprint density at radius 1 is 1.23 bits per heavy atom. The van der Waals surface area contributed by atoms with Gasteiger partial charge in [0.2, 0.25) is 5.91 Å². The smallest absolute Gasteiger partial charge is 0.227 e. The highest BCUT2D eigenvalue weighted by molar-refractivity contribution is 6.32. The Kier molecular flexibility index (Phi) is 5.67. The number of fused-ring (bicyclic) bond motifs is 1. The summed E-state index contributed by atoms with van der Waals surface area (Å²) in [5, 5.41) is 0.446. The van der Waals surface area contributed by atoms with Crippen molar-refractivity contribution in [3.8, 4) is 11.5 Å². The van der Waals surface area contributed by atoms with Crippen LogP contribution in [0.2, 0.25) is 5.02 Å². The zero-order chi connectivity index (χ0) is 18.7. The molecule has 6 heteroatoms. The number of hydrogen-bond acceptors (Lipinski definition) is 3. The minimum Gasteiger partial charge on any atom is -0.489 e. The second kappa shape index (κ2) is 7.96. The maximum absolute atomic E-state index is 13.1. The van der Waals surface area contributed by atoms with Crippen LogP contribution in [-0.4, -0.2) is 31.1 Å². The molecule has 138 valence electrons. The van der Waals surface area contributed by atoms with Crippen LogP contribution in [0.3, 0.4) is 0 Å². The summed E-state index contributed by atoms with van der Waals surface area (Å²) >= 11 is 6.29. The van der Waals surface area contributed by atoms with Crippen molar-refractivity contribution in [1.29, 1.82) is 0 Å². The van der Waals surface area contributed by atoms with Gasteiger partial charge in [0.15, 0.2) is 11.5 Å². The maximum atomic E-state index is 13.1. The lowest BCUT2D eigenvalue weighted by Crippen LogP contribution is -2.31. The Labute approximate surface area is 157 Å². The predicted octanol–water partition coefficient (Wildman–Crippen LogP) is 4.40. The summed E-state index contributed by atoms with van der Waals surface area (Å²) in [5.74, 6) is 0.754. The fourth-order valence-corrected chi connectivity index (χ4v) is 3.15. The second-order valence-electron chi connectivity index (χ2n) is 6.36. The van der Waals surface area contributed by atoms with Crippen LogP contribution < -0.4 is 9.47 Å². The van der Waals surface area contributed by atoms with Crippen molar-refractivity contribution in [1.82, 2.24) is 4.90 Å². The topological polar surface area (TPSA) is 38.8 Å². The van der Waals surface area contributed by atoms with E-state index in [4.69, 9.17) is 21.1 Å². The molecule has 0 saturated heterocycles. The van der Waals surface area contributed by atoms with Crippen molar-refractivity contribution in [3.05, 3.63) is 58.4 Å². The van der Waals surface area contributed by atoms with Crippen molar-refractivity contribution in [3.63, 3.8) is 0 Å². The molecule has 0 radical (unpaired) electrons. The summed E-state index contributed by atoms with van der Waals surface area (Å²) in [6, 6.07) is 9.55. The number of carbonyl (C=O) groups is 1. The Morgan fingerprint density at radius 3 is 2.65 bits per heavy atom. The minimum atomic E-state index is -0.295.